The Morgan fingerprint density at radius 3 is 3.06 bits per heavy atom. The Hall–Kier alpha value is -1.82. The molecular formula is C10H11ClN4O2. The summed E-state index contributed by atoms with van der Waals surface area (Å²) in [5.74, 6) is 0.532. The molecule has 0 radical (unpaired) electrons. The van der Waals surface area contributed by atoms with Crippen LogP contribution in [0.25, 0.3) is 0 Å². The Morgan fingerprint density at radius 2 is 2.41 bits per heavy atom. The molecular weight excluding hydrogens is 244 g/mol. The van der Waals surface area contributed by atoms with Crippen molar-refractivity contribution in [2.24, 2.45) is 0 Å². The highest BCUT2D eigenvalue weighted by Gasteiger charge is 2.18. The zero-order valence-electron chi connectivity index (χ0n) is 8.97. The number of nitrogens with one attached hydrogen (secondary N) is 1. The highest BCUT2D eigenvalue weighted by Crippen LogP contribution is 2.16. The first-order chi connectivity index (χ1) is 8.15. The lowest BCUT2D eigenvalue weighted by Gasteiger charge is -2.19. The fraction of sp³-hybridized carbons (Fsp3) is 0.300. The average Bonchev–Trinajstić information content (AvgIpc) is 2.68. The van der Waals surface area contributed by atoms with Gasteiger partial charge in [-0.15, -0.1) is 0 Å². The van der Waals surface area contributed by atoms with Crippen molar-refractivity contribution in [3.8, 4) is 0 Å². The predicted octanol–water partition coefficient (Wildman–Crippen LogP) is 1.56. The predicted molar refractivity (Wildman–Crippen MR) is 62.5 cm³/mol. The van der Waals surface area contributed by atoms with Crippen LogP contribution in [0.4, 0.5) is 0 Å². The highest BCUT2D eigenvalue weighted by molar-refractivity contribution is 6.29. The molecule has 0 amide bonds. The average molecular weight is 255 g/mol. The smallest absolute Gasteiger partial charge is 0.163 e. The van der Waals surface area contributed by atoms with Crippen molar-refractivity contribution >= 4 is 11.6 Å². The molecule has 0 aliphatic carbocycles. The third kappa shape index (κ3) is 3.07. The summed E-state index contributed by atoms with van der Waals surface area (Å²) in [6.07, 6.45) is 4.29. The van der Waals surface area contributed by atoms with Crippen molar-refractivity contribution in [1.82, 2.24) is 15.3 Å². The highest BCUT2D eigenvalue weighted by atomic mass is 35.5. The van der Waals surface area contributed by atoms with E-state index in [0.29, 0.717) is 17.5 Å². The van der Waals surface area contributed by atoms with Gasteiger partial charge in [-0.1, -0.05) is 23.1 Å². The maximum absolute atomic E-state index is 10.4. The summed E-state index contributed by atoms with van der Waals surface area (Å²) in [5, 5.41) is 10.3. The van der Waals surface area contributed by atoms with E-state index in [1.807, 2.05) is 17.0 Å². The van der Waals surface area contributed by atoms with Crippen LogP contribution < -0.4 is 5.43 Å². The quantitative estimate of drug-likeness (QED) is 0.502. The van der Waals surface area contributed by atoms with Crippen molar-refractivity contribution in [2.75, 3.05) is 6.54 Å². The Kier molecular flexibility index (Phi) is 3.43. The monoisotopic (exact) mass is 254 g/mol. The van der Waals surface area contributed by atoms with Crippen LogP contribution in [-0.4, -0.2) is 21.5 Å². The lowest BCUT2D eigenvalue weighted by Crippen LogP contribution is -2.31. The second-order valence-corrected chi connectivity index (χ2v) is 4.04. The van der Waals surface area contributed by atoms with E-state index in [1.165, 1.54) is 0 Å². The lowest BCUT2D eigenvalue weighted by atomic mass is 10.3. The number of nitro groups is 1. The summed E-state index contributed by atoms with van der Waals surface area (Å²) in [6, 6.07) is 3.56. The summed E-state index contributed by atoms with van der Waals surface area (Å²) in [5.41, 5.74) is 3.15. The first-order valence-electron chi connectivity index (χ1n) is 5.12. The minimum atomic E-state index is -0.551. The maximum atomic E-state index is 10.4. The molecule has 7 heteroatoms. The minimum Gasteiger partial charge on any atom is -0.349 e. The van der Waals surface area contributed by atoms with Crippen molar-refractivity contribution in [3.63, 3.8) is 0 Å². The van der Waals surface area contributed by atoms with Gasteiger partial charge in [-0.25, -0.2) is 15.1 Å². The summed E-state index contributed by atoms with van der Waals surface area (Å²) >= 11 is 5.69. The molecule has 0 unspecified atom stereocenters. The third-order valence-corrected chi connectivity index (χ3v) is 2.67. The van der Waals surface area contributed by atoms with Gasteiger partial charge < -0.3 is 4.90 Å². The van der Waals surface area contributed by atoms with Gasteiger partial charge in [0.2, 0.25) is 0 Å². The lowest BCUT2D eigenvalue weighted by molar-refractivity contribution is -0.538. The number of aromatic nitrogens is 1. The Labute approximate surface area is 103 Å². The molecule has 2 heterocycles. The van der Waals surface area contributed by atoms with Gasteiger partial charge in [0.25, 0.3) is 0 Å². The second kappa shape index (κ2) is 5.01. The van der Waals surface area contributed by atoms with Gasteiger partial charge in [-0.2, -0.15) is 0 Å². The first kappa shape index (κ1) is 11.7. The molecule has 0 fully saturated rings. The molecule has 0 atom stereocenters. The van der Waals surface area contributed by atoms with Gasteiger partial charge in [0.05, 0.1) is 0 Å². The number of rotatable bonds is 4. The molecule has 17 heavy (non-hydrogen) atoms. The van der Waals surface area contributed by atoms with Crippen LogP contribution in [-0.2, 0) is 6.54 Å². The summed E-state index contributed by atoms with van der Waals surface area (Å²) in [7, 11) is 0. The molecule has 0 bridgehead atoms. The van der Waals surface area contributed by atoms with Crippen LogP contribution >= 0.6 is 11.6 Å². The van der Waals surface area contributed by atoms with Gasteiger partial charge in [-0.05, 0) is 24.1 Å². The number of pyridine rings is 1. The van der Waals surface area contributed by atoms with E-state index in [1.54, 1.807) is 12.3 Å². The van der Waals surface area contributed by atoms with E-state index in [4.69, 9.17) is 11.6 Å². The van der Waals surface area contributed by atoms with Gasteiger partial charge in [-0.3, -0.25) is 0 Å². The van der Waals surface area contributed by atoms with Crippen LogP contribution in [0.3, 0.4) is 0 Å². The van der Waals surface area contributed by atoms with Gasteiger partial charge in [0, 0.05) is 19.3 Å². The molecule has 2 rings (SSSR count). The second-order valence-electron chi connectivity index (χ2n) is 3.66. The van der Waals surface area contributed by atoms with Crippen LogP contribution in [0, 0.1) is 10.1 Å². The summed E-state index contributed by atoms with van der Waals surface area (Å²) in [6.45, 7) is 1.34. The molecule has 1 aliphatic heterocycles. The van der Waals surface area contributed by atoms with E-state index in [0.717, 1.165) is 18.5 Å². The van der Waals surface area contributed by atoms with Crippen molar-refractivity contribution < 1.29 is 5.03 Å². The molecule has 6 nitrogen and oxygen atoms in total. The molecule has 0 saturated carbocycles. The minimum absolute atomic E-state index is 0.439. The number of halogens is 1. The Balaban J connectivity index is 2.01. The zero-order valence-corrected chi connectivity index (χ0v) is 9.72. The SMILES string of the molecule is O=[N+]([O-])NC1=CCCN1Cc1ccc(Cl)nc1. The molecule has 1 aromatic rings. The van der Waals surface area contributed by atoms with Crippen molar-refractivity contribution in [2.45, 2.75) is 13.0 Å². The largest absolute Gasteiger partial charge is 0.349 e. The Bertz CT molecular complexity index is 446. The third-order valence-electron chi connectivity index (χ3n) is 2.45. The summed E-state index contributed by atoms with van der Waals surface area (Å²) in [4.78, 5) is 16.3. The number of hydrazine groups is 1. The fourth-order valence-corrected chi connectivity index (χ4v) is 1.81. The van der Waals surface area contributed by atoms with Crippen LogP contribution in [0.1, 0.15) is 12.0 Å². The van der Waals surface area contributed by atoms with E-state index < -0.39 is 5.03 Å². The maximum Gasteiger partial charge on any atom is 0.163 e. The molecule has 0 saturated heterocycles. The van der Waals surface area contributed by atoms with E-state index in [9.17, 15) is 10.1 Å². The summed E-state index contributed by atoms with van der Waals surface area (Å²) < 4.78 is 0. The number of hydrogen-bond donors (Lipinski definition) is 1. The topological polar surface area (TPSA) is 71.3 Å². The molecule has 1 aliphatic rings. The van der Waals surface area contributed by atoms with Crippen LogP contribution in [0.15, 0.2) is 30.2 Å². The van der Waals surface area contributed by atoms with E-state index >= 15 is 0 Å². The van der Waals surface area contributed by atoms with Crippen LogP contribution in [0.5, 0.6) is 0 Å². The zero-order chi connectivity index (χ0) is 12.3. The number of nitrogens with zero attached hydrogens (tertiary/aromatic N) is 3. The molecule has 1 N–H and O–H groups in total. The normalized spacial score (nSPS) is 14.6. The first-order valence-corrected chi connectivity index (χ1v) is 5.49. The van der Waals surface area contributed by atoms with Gasteiger partial charge in [0.1, 0.15) is 5.15 Å². The van der Waals surface area contributed by atoms with Crippen molar-refractivity contribution in [1.29, 1.82) is 0 Å². The van der Waals surface area contributed by atoms with Gasteiger partial charge >= 0.3 is 0 Å². The molecule has 90 valence electrons. The molecule has 0 aromatic carbocycles. The standard InChI is InChI=1S/C10H11ClN4O2/c11-9-4-3-8(6-12-9)7-14-5-1-2-10(14)13-15(16)17/h2-4,6,13H,1,5,7H2. The fourth-order valence-electron chi connectivity index (χ4n) is 1.70. The van der Waals surface area contributed by atoms with E-state index in [2.05, 4.69) is 10.4 Å². The van der Waals surface area contributed by atoms with E-state index in [-0.39, 0.29) is 0 Å². The molecule has 1 aromatic heterocycles. The molecule has 0 spiro atoms. The van der Waals surface area contributed by atoms with Gasteiger partial charge in [0.15, 0.2) is 10.9 Å². The van der Waals surface area contributed by atoms with Crippen molar-refractivity contribution in [3.05, 3.63) is 51.1 Å². The Morgan fingerprint density at radius 1 is 1.59 bits per heavy atom. The number of hydrogen-bond acceptors (Lipinski definition) is 4. The van der Waals surface area contributed by atoms with Crippen LogP contribution in [0.2, 0.25) is 5.15 Å².